The fraction of sp³-hybridized carbons (Fsp3) is 0.154. The fourth-order valence-corrected chi connectivity index (χ4v) is 3.98. The van der Waals surface area contributed by atoms with E-state index < -0.39 is 6.10 Å². The van der Waals surface area contributed by atoms with Crippen LogP contribution in [0.1, 0.15) is 34.2 Å². The molecule has 0 amide bonds. The molecule has 0 bridgehead atoms. The maximum Gasteiger partial charge on any atom is 0.159 e. The lowest BCUT2D eigenvalue weighted by Crippen LogP contribution is -2.03. The molecule has 154 valence electrons. The molecule has 3 heterocycles. The zero-order valence-electron chi connectivity index (χ0n) is 17.5. The minimum atomic E-state index is -0.825. The van der Waals surface area contributed by atoms with Gasteiger partial charge in [-0.05, 0) is 48.7 Å². The van der Waals surface area contributed by atoms with Gasteiger partial charge in [-0.3, -0.25) is 0 Å². The molecule has 5 aromatic rings. The average molecular weight is 409 g/mol. The van der Waals surface area contributed by atoms with Crippen LogP contribution in [0.15, 0.2) is 83.3 Å². The molecule has 2 aromatic carbocycles. The fourth-order valence-electron chi connectivity index (χ4n) is 3.98. The molecule has 0 saturated carbocycles. The van der Waals surface area contributed by atoms with E-state index in [2.05, 4.69) is 25.1 Å². The molecule has 0 aliphatic carbocycles. The number of aryl methyl sites for hydroxylation is 2. The maximum absolute atomic E-state index is 10.7. The summed E-state index contributed by atoms with van der Waals surface area (Å²) in [5.41, 5.74) is 5.56. The lowest BCUT2D eigenvalue weighted by Gasteiger charge is -2.07. The van der Waals surface area contributed by atoms with Gasteiger partial charge in [0.05, 0.1) is 11.9 Å². The third-order valence-electron chi connectivity index (χ3n) is 5.45. The maximum atomic E-state index is 10.7. The number of benzene rings is 2. The van der Waals surface area contributed by atoms with Crippen molar-refractivity contribution in [2.45, 2.75) is 26.5 Å². The zero-order chi connectivity index (χ0) is 21.4. The molecule has 1 atom stereocenters. The largest absolute Gasteiger partial charge is 0.456 e. The predicted octanol–water partition coefficient (Wildman–Crippen LogP) is 5.44. The molecule has 1 unspecified atom stereocenters. The van der Waals surface area contributed by atoms with Gasteiger partial charge in [0.2, 0.25) is 0 Å². The molecular weight excluding hydrogens is 386 g/mol. The van der Waals surface area contributed by atoms with Crippen molar-refractivity contribution in [3.05, 3.63) is 107 Å². The Balaban J connectivity index is 1.60. The van der Waals surface area contributed by atoms with Crippen LogP contribution in [0.3, 0.4) is 0 Å². The van der Waals surface area contributed by atoms with E-state index in [1.807, 2.05) is 72.3 Å². The van der Waals surface area contributed by atoms with E-state index in [0.29, 0.717) is 18.1 Å². The zero-order valence-corrected chi connectivity index (χ0v) is 17.5. The van der Waals surface area contributed by atoms with Crippen molar-refractivity contribution < 1.29 is 9.52 Å². The highest BCUT2D eigenvalue weighted by Gasteiger charge is 2.21. The Kier molecular flexibility index (Phi) is 4.88. The van der Waals surface area contributed by atoms with Gasteiger partial charge in [-0.25, -0.2) is 9.67 Å². The highest BCUT2D eigenvalue weighted by molar-refractivity contribution is 5.92. The summed E-state index contributed by atoms with van der Waals surface area (Å²) < 4.78 is 8.02. The van der Waals surface area contributed by atoms with E-state index >= 15 is 0 Å². The quantitative estimate of drug-likeness (QED) is 0.420. The van der Waals surface area contributed by atoms with E-state index in [1.165, 1.54) is 0 Å². The Morgan fingerprint density at radius 3 is 2.39 bits per heavy atom. The first kappa shape index (κ1) is 19.3. The van der Waals surface area contributed by atoms with Crippen molar-refractivity contribution >= 4 is 11.0 Å². The molecule has 31 heavy (non-hydrogen) atoms. The van der Waals surface area contributed by atoms with E-state index in [9.17, 15) is 5.11 Å². The van der Waals surface area contributed by atoms with Gasteiger partial charge in [-0.2, -0.15) is 5.10 Å². The van der Waals surface area contributed by atoms with Gasteiger partial charge in [-0.1, -0.05) is 60.7 Å². The first-order chi connectivity index (χ1) is 15.1. The second kappa shape index (κ2) is 7.85. The molecular formula is C26H23N3O2. The van der Waals surface area contributed by atoms with Crippen LogP contribution in [0.25, 0.3) is 22.5 Å². The molecule has 1 N–H and O–H groups in total. The van der Waals surface area contributed by atoms with Gasteiger partial charge in [0.1, 0.15) is 17.6 Å². The van der Waals surface area contributed by atoms with Crippen molar-refractivity contribution in [2.24, 2.45) is 0 Å². The lowest BCUT2D eigenvalue weighted by atomic mass is 10.1. The van der Waals surface area contributed by atoms with Crippen molar-refractivity contribution in [2.75, 3.05) is 0 Å². The Labute approximate surface area is 180 Å². The summed E-state index contributed by atoms with van der Waals surface area (Å²) >= 11 is 0. The molecule has 5 nitrogen and oxygen atoms in total. The molecule has 5 rings (SSSR count). The summed E-state index contributed by atoms with van der Waals surface area (Å²) in [5.74, 6) is 1.11. The smallest absolute Gasteiger partial charge is 0.159 e. The van der Waals surface area contributed by atoms with Crippen LogP contribution in [0, 0.1) is 13.8 Å². The number of hydrogen-bond donors (Lipinski definition) is 1. The topological polar surface area (TPSA) is 64.1 Å². The molecule has 0 saturated heterocycles. The van der Waals surface area contributed by atoms with Gasteiger partial charge >= 0.3 is 0 Å². The standard InChI is InChI=1S/C26H23N3O2/c1-17-15-18(2)27-26-23(17)24(28-29(26)16-19-9-5-3-6-10-19)21-13-14-22(31-21)25(30)20-11-7-4-8-12-20/h3-15,25,30H,16H2,1-2H3. The van der Waals surface area contributed by atoms with Crippen LogP contribution < -0.4 is 0 Å². The van der Waals surface area contributed by atoms with Crippen molar-refractivity contribution in [1.82, 2.24) is 14.8 Å². The number of rotatable bonds is 5. The van der Waals surface area contributed by atoms with Gasteiger partial charge in [0.15, 0.2) is 11.4 Å². The Morgan fingerprint density at radius 2 is 1.65 bits per heavy atom. The number of aliphatic hydroxyl groups excluding tert-OH is 1. The molecule has 3 aromatic heterocycles. The van der Waals surface area contributed by atoms with E-state index in [-0.39, 0.29) is 0 Å². The monoisotopic (exact) mass is 409 g/mol. The highest BCUT2D eigenvalue weighted by Crippen LogP contribution is 2.34. The summed E-state index contributed by atoms with van der Waals surface area (Å²) in [6, 6.07) is 25.4. The van der Waals surface area contributed by atoms with Crippen LogP contribution in [-0.4, -0.2) is 19.9 Å². The first-order valence-corrected chi connectivity index (χ1v) is 10.3. The number of nitrogens with zero attached hydrogens (tertiary/aromatic N) is 3. The Bertz CT molecular complexity index is 1340. The summed E-state index contributed by atoms with van der Waals surface area (Å²) in [6.07, 6.45) is -0.825. The van der Waals surface area contributed by atoms with Crippen LogP contribution >= 0.6 is 0 Å². The minimum Gasteiger partial charge on any atom is -0.456 e. The molecule has 0 aliphatic heterocycles. The number of furan rings is 1. The first-order valence-electron chi connectivity index (χ1n) is 10.3. The van der Waals surface area contributed by atoms with E-state index in [0.717, 1.165) is 39.1 Å². The highest BCUT2D eigenvalue weighted by atomic mass is 16.4. The second-order valence-electron chi connectivity index (χ2n) is 7.79. The van der Waals surface area contributed by atoms with E-state index in [1.54, 1.807) is 0 Å². The normalized spacial score (nSPS) is 12.4. The van der Waals surface area contributed by atoms with Gasteiger partial charge in [-0.15, -0.1) is 0 Å². The SMILES string of the molecule is Cc1cc(C)c2c(-c3ccc(C(O)c4ccccc4)o3)nn(Cc3ccccc3)c2n1. The summed E-state index contributed by atoms with van der Waals surface area (Å²) in [6.45, 7) is 4.68. The third kappa shape index (κ3) is 3.64. The lowest BCUT2D eigenvalue weighted by molar-refractivity contribution is 0.190. The Hall–Kier alpha value is -3.70. The molecule has 0 spiro atoms. The molecule has 0 fully saturated rings. The number of pyridine rings is 1. The van der Waals surface area contributed by atoms with Crippen LogP contribution in [0.2, 0.25) is 0 Å². The van der Waals surface area contributed by atoms with Crippen LogP contribution in [0.5, 0.6) is 0 Å². The molecule has 0 radical (unpaired) electrons. The van der Waals surface area contributed by atoms with Crippen molar-refractivity contribution in [3.63, 3.8) is 0 Å². The number of hydrogen-bond acceptors (Lipinski definition) is 4. The number of fused-ring (bicyclic) bond motifs is 1. The van der Waals surface area contributed by atoms with Crippen molar-refractivity contribution in [1.29, 1.82) is 0 Å². The third-order valence-corrected chi connectivity index (χ3v) is 5.45. The number of aromatic nitrogens is 3. The molecule has 5 heteroatoms. The van der Waals surface area contributed by atoms with E-state index in [4.69, 9.17) is 14.5 Å². The van der Waals surface area contributed by atoms with Gasteiger partial charge in [0, 0.05) is 5.69 Å². The van der Waals surface area contributed by atoms with Crippen molar-refractivity contribution in [3.8, 4) is 11.5 Å². The van der Waals surface area contributed by atoms with Crippen LogP contribution in [0.4, 0.5) is 0 Å². The van der Waals surface area contributed by atoms with Gasteiger partial charge < -0.3 is 9.52 Å². The van der Waals surface area contributed by atoms with Gasteiger partial charge in [0.25, 0.3) is 0 Å². The number of aliphatic hydroxyl groups is 1. The predicted molar refractivity (Wildman–Crippen MR) is 121 cm³/mol. The van der Waals surface area contributed by atoms with Crippen LogP contribution in [-0.2, 0) is 6.54 Å². The minimum absolute atomic E-state index is 0.490. The average Bonchev–Trinajstić information content (AvgIpc) is 3.40. The Morgan fingerprint density at radius 1 is 0.935 bits per heavy atom. The summed E-state index contributed by atoms with van der Waals surface area (Å²) in [5, 5.41) is 16.6. The summed E-state index contributed by atoms with van der Waals surface area (Å²) in [7, 11) is 0. The molecule has 0 aliphatic rings. The summed E-state index contributed by atoms with van der Waals surface area (Å²) in [4.78, 5) is 4.78. The second-order valence-corrected chi connectivity index (χ2v) is 7.79.